The van der Waals surface area contributed by atoms with Gasteiger partial charge in [0.25, 0.3) is 10.1 Å². The van der Waals surface area contributed by atoms with E-state index in [1.54, 1.807) is 30.5 Å². The molecule has 0 unspecified atom stereocenters. The van der Waals surface area contributed by atoms with E-state index in [4.69, 9.17) is 9.29 Å². The number of rotatable bonds is 11. The number of aryl methyl sites for hydroxylation is 1. The number of pyridine rings is 1. The highest BCUT2D eigenvalue weighted by Crippen LogP contribution is 2.76. The number of hydrogen-bond acceptors (Lipinski definition) is 10. The van der Waals surface area contributed by atoms with Gasteiger partial charge in [-0.05, 0) is 178 Å². The van der Waals surface area contributed by atoms with Crippen LogP contribution >= 0.6 is 0 Å². The molecule has 1 aliphatic heterocycles. The highest BCUT2D eigenvalue weighted by Gasteiger charge is 2.70. The molecule has 2 heterocycles. The first-order valence-electron chi connectivity index (χ1n) is 25.8. The summed E-state index contributed by atoms with van der Waals surface area (Å²) in [4.78, 5) is 19.3. The summed E-state index contributed by atoms with van der Waals surface area (Å²) in [5.41, 5.74) is 5.05. The van der Waals surface area contributed by atoms with Crippen molar-refractivity contribution in [3.8, 4) is 11.9 Å². The Morgan fingerprint density at radius 1 is 0.943 bits per heavy atom. The normalized spacial score (nSPS) is 36.5. The van der Waals surface area contributed by atoms with Gasteiger partial charge in [-0.3, -0.25) is 9.35 Å². The van der Waals surface area contributed by atoms with Crippen molar-refractivity contribution in [1.29, 1.82) is 5.26 Å². The van der Waals surface area contributed by atoms with Crippen molar-refractivity contribution in [3.05, 3.63) is 89.2 Å². The highest BCUT2D eigenvalue weighted by atomic mass is 32.2. The second kappa shape index (κ2) is 19.2. The topological polar surface area (TPSA) is 187 Å². The number of carboxylic acids is 1. The van der Waals surface area contributed by atoms with Crippen molar-refractivity contribution in [2.75, 3.05) is 44.3 Å². The van der Waals surface area contributed by atoms with Gasteiger partial charge in [0.05, 0.1) is 16.4 Å². The van der Waals surface area contributed by atoms with Crippen molar-refractivity contribution in [2.45, 2.75) is 136 Å². The number of benzene rings is 1. The SMILES string of the molecule is C=C(C)[C@@H]1CC[C@]2(NCCN3CCS(=O)(=O)CC3)CC[C@]3(C)[C@H](CC[C@@H]4[C@@]5(C)CC=C(C6=CC[C@@](COc7ncccc7C#N)(C(=O)O)CC6)C(C)(C)[C@@H]5CC[C@]43C)[C@@H]12.Cc1ccc(S(=O)(=O)O)cc1. The molecule has 14 heteroatoms. The third-order valence-corrected chi connectivity index (χ3v) is 22.6. The lowest BCUT2D eigenvalue weighted by Gasteiger charge is -2.72. The lowest BCUT2D eigenvalue weighted by Crippen LogP contribution is -2.68. The zero-order chi connectivity index (χ0) is 50.7. The first-order valence-corrected chi connectivity index (χ1v) is 29.1. The van der Waals surface area contributed by atoms with Crippen LogP contribution in [-0.4, -0.2) is 92.2 Å². The number of fused-ring (bicyclic) bond motifs is 7. The van der Waals surface area contributed by atoms with Crippen LogP contribution in [0.15, 0.2) is 82.9 Å². The second-order valence-electron chi connectivity index (χ2n) is 23.9. The van der Waals surface area contributed by atoms with Crippen LogP contribution in [0, 0.1) is 74.9 Å². The van der Waals surface area contributed by atoms with E-state index in [9.17, 15) is 32.0 Å². The van der Waals surface area contributed by atoms with Gasteiger partial charge in [-0.1, -0.05) is 76.6 Å². The number of sulfone groups is 1. The fourth-order valence-electron chi connectivity index (χ4n) is 16.1. The zero-order valence-electron chi connectivity index (χ0n) is 42.7. The van der Waals surface area contributed by atoms with Crippen LogP contribution in [0.4, 0.5) is 0 Å². The van der Waals surface area contributed by atoms with Gasteiger partial charge in [0.15, 0.2) is 9.84 Å². The summed E-state index contributed by atoms with van der Waals surface area (Å²) in [7, 11) is -6.90. The van der Waals surface area contributed by atoms with Gasteiger partial charge < -0.3 is 20.1 Å². The molecule has 7 aliphatic rings. The Labute approximate surface area is 418 Å². The number of nitrogens with one attached hydrogen (secondary N) is 1. The predicted octanol–water partition coefficient (Wildman–Crippen LogP) is 10.0. The maximum absolute atomic E-state index is 12.8. The smallest absolute Gasteiger partial charge is 0.313 e. The molecule has 70 heavy (non-hydrogen) atoms. The van der Waals surface area contributed by atoms with Crippen LogP contribution in [-0.2, 0) is 24.7 Å². The summed E-state index contributed by atoms with van der Waals surface area (Å²) < 4.78 is 59.7. The van der Waals surface area contributed by atoms with Gasteiger partial charge in [-0.2, -0.15) is 13.7 Å². The molecule has 382 valence electrons. The quantitative estimate of drug-likeness (QED) is 0.143. The van der Waals surface area contributed by atoms with Gasteiger partial charge >= 0.3 is 5.97 Å². The standard InChI is InChI=1S/C49H70N4O5S.C7H8O3S/c1-33(2)36-14-21-49(52-25-26-53-27-29-59(56,57)30-28-53)23-22-46(6)38(41(36)49)10-11-40-45(5)17-15-37(44(3,4)39(45)16-18-47(40,46)7)34-12-19-48(20-13-34,43(54)55)32-58-42-35(31-50)9-8-24-51-42;1-6-2-4-7(5-3-6)11(8,9)10/h8-9,12,15,24,36,38-41,52H,1,10-11,13-14,16-23,25-30,32H2,2-7H3,(H,54,55);2-5H,1H3,(H,8,9,10)/t36-,38+,39-,40+,41+,45-,46+,47+,48+,49-;/m0./s1. The van der Waals surface area contributed by atoms with Crippen molar-refractivity contribution in [3.63, 3.8) is 0 Å². The number of nitrogens with zero attached hydrogens (tertiary/aromatic N) is 3. The number of nitriles is 1. The third kappa shape index (κ3) is 9.37. The van der Waals surface area contributed by atoms with Crippen molar-refractivity contribution in [1.82, 2.24) is 15.2 Å². The molecule has 6 aliphatic carbocycles. The summed E-state index contributed by atoms with van der Waals surface area (Å²) in [6.07, 6.45) is 18.9. The van der Waals surface area contributed by atoms with E-state index in [1.807, 2.05) is 6.92 Å². The van der Waals surface area contributed by atoms with Gasteiger partial charge in [0, 0.05) is 37.9 Å². The fourth-order valence-corrected chi connectivity index (χ4v) is 17.8. The zero-order valence-corrected chi connectivity index (χ0v) is 44.4. The molecular formula is C56H78N4O8S2. The number of ether oxygens (including phenoxy) is 1. The number of hydrogen-bond donors (Lipinski definition) is 3. The minimum atomic E-state index is -4.02. The summed E-state index contributed by atoms with van der Waals surface area (Å²) in [5, 5.41) is 24.2. The summed E-state index contributed by atoms with van der Waals surface area (Å²) in [6, 6.07) is 11.4. The van der Waals surface area contributed by atoms with Gasteiger partial charge in [-0.15, -0.1) is 0 Å². The monoisotopic (exact) mass is 999 g/mol. The van der Waals surface area contributed by atoms with Gasteiger partial charge in [0.2, 0.25) is 5.88 Å². The minimum absolute atomic E-state index is 0.0149. The lowest BCUT2D eigenvalue weighted by atomic mass is 9.33. The molecule has 9 rings (SSSR count). The molecule has 0 bridgehead atoms. The molecule has 0 radical (unpaired) electrons. The van der Waals surface area contributed by atoms with Crippen LogP contribution in [0.25, 0.3) is 0 Å². The Morgan fingerprint density at radius 3 is 2.29 bits per heavy atom. The van der Waals surface area contributed by atoms with E-state index in [2.05, 4.69) is 81.5 Å². The Hall–Kier alpha value is -3.87. The Balaban J connectivity index is 0.000000529. The first-order chi connectivity index (χ1) is 32.8. The molecule has 1 saturated heterocycles. The number of aromatic nitrogens is 1. The number of allylic oxidation sites excluding steroid dienone is 5. The van der Waals surface area contributed by atoms with Crippen molar-refractivity contribution >= 4 is 25.9 Å². The van der Waals surface area contributed by atoms with E-state index in [0.717, 1.165) is 25.1 Å². The molecule has 0 spiro atoms. The molecule has 0 amide bonds. The number of carboxylic acid groups (broad SMARTS) is 1. The lowest BCUT2D eigenvalue weighted by molar-refractivity contribution is -0.221. The Morgan fingerprint density at radius 2 is 1.66 bits per heavy atom. The molecule has 4 saturated carbocycles. The fraction of sp³-hybridized carbons (Fsp3) is 0.661. The van der Waals surface area contributed by atoms with Crippen LogP contribution in [0.5, 0.6) is 5.88 Å². The molecule has 2 aromatic rings. The maximum Gasteiger partial charge on any atom is 0.313 e. The third-order valence-electron chi connectivity index (χ3n) is 20.1. The van der Waals surface area contributed by atoms with Crippen LogP contribution in [0.3, 0.4) is 0 Å². The molecule has 12 nitrogen and oxygen atoms in total. The summed E-state index contributed by atoms with van der Waals surface area (Å²) in [6.45, 7) is 24.8. The molecule has 1 aromatic heterocycles. The average Bonchev–Trinajstić information content (AvgIpc) is 3.69. The van der Waals surface area contributed by atoms with Crippen LogP contribution in [0.1, 0.15) is 130 Å². The molecule has 1 aromatic carbocycles. The number of carbonyl (C=O) groups is 1. The van der Waals surface area contributed by atoms with E-state index >= 15 is 0 Å². The van der Waals surface area contributed by atoms with Crippen molar-refractivity contribution < 1.29 is 36.0 Å². The van der Waals surface area contributed by atoms with Crippen LogP contribution in [0.2, 0.25) is 0 Å². The largest absolute Gasteiger partial charge is 0.481 e. The molecular weight excluding hydrogens is 921 g/mol. The molecule has 10 atom stereocenters. The van der Waals surface area contributed by atoms with E-state index in [1.165, 1.54) is 80.2 Å². The second-order valence-corrected chi connectivity index (χ2v) is 27.6. The van der Waals surface area contributed by atoms with Crippen molar-refractivity contribution in [2.24, 2.45) is 56.7 Å². The highest BCUT2D eigenvalue weighted by molar-refractivity contribution is 7.91. The molecule has 3 N–H and O–H groups in total. The van der Waals surface area contributed by atoms with E-state index < -0.39 is 31.3 Å². The first kappa shape index (κ1) is 52.5. The minimum Gasteiger partial charge on any atom is -0.481 e. The number of aliphatic carboxylic acids is 1. The molecule has 5 fully saturated rings. The maximum atomic E-state index is 12.8. The van der Waals surface area contributed by atoms with E-state index in [-0.39, 0.29) is 56.1 Å². The van der Waals surface area contributed by atoms with Gasteiger partial charge in [-0.25, -0.2) is 13.4 Å². The van der Waals surface area contributed by atoms with Gasteiger partial charge in [0.1, 0.15) is 23.7 Å². The Bertz CT molecular complexity index is 2660. The van der Waals surface area contributed by atoms with Crippen LogP contribution < -0.4 is 10.1 Å². The summed E-state index contributed by atoms with van der Waals surface area (Å²) in [5.74, 6) is 2.85. The Kier molecular flexibility index (Phi) is 14.4. The van der Waals surface area contributed by atoms with E-state index in [0.29, 0.717) is 67.5 Å². The summed E-state index contributed by atoms with van der Waals surface area (Å²) >= 11 is 0. The predicted molar refractivity (Wildman–Crippen MR) is 273 cm³/mol. The average molecular weight is 999 g/mol.